The maximum Gasteiger partial charge on any atom is 0.256 e. The largest absolute Gasteiger partial charge is 0.484 e. The summed E-state index contributed by atoms with van der Waals surface area (Å²) in [5, 5.41) is 3.36. The third kappa shape index (κ3) is 3.84. The number of nitrogens with one attached hydrogen (secondary N) is 2. The van der Waals surface area contributed by atoms with Crippen molar-refractivity contribution in [2.75, 3.05) is 11.9 Å². The lowest BCUT2D eigenvalue weighted by Crippen LogP contribution is -2.20. The summed E-state index contributed by atoms with van der Waals surface area (Å²) in [4.78, 5) is 37.8. The summed E-state index contributed by atoms with van der Waals surface area (Å²) < 4.78 is 5.20. The standard InChI is InChI=1S/C18H15N3O4/c19-16(22)10-25-12-5-3-4-11(8-12)20-18(24)14-9-17(23)21-15-7-2-1-6-13(14)15/h1-9H,10H2,(H2,19,22)(H,20,24)(H,21,23). The van der Waals surface area contributed by atoms with Crippen LogP contribution in [-0.2, 0) is 4.79 Å². The van der Waals surface area contributed by atoms with E-state index in [0.717, 1.165) is 0 Å². The number of ether oxygens (including phenoxy) is 1. The third-order valence-electron chi connectivity index (χ3n) is 3.47. The van der Waals surface area contributed by atoms with Gasteiger partial charge in [-0.05, 0) is 18.2 Å². The van der Waals surface area contributed by atoms with Crippen LogP contribution < -0.4 is 21.3 Å². The van der Waals surface area contributed by atoms with Crippen molar-refractivity contribution < 1.29 is 14.3 Å². The van der Waals surface area contributed by atoms with E-state index in [2.05, 4.69) is 10.3 Å². The van der Waals surface area contributed by atoms with E-state index >= 15 is 0 Å². The molecule has 0 saturated carbocycles. The molecule has 0 unspecified atom stereocenters. The Kier molecular flexibility index (Phi) is 4.47. The number of carbonyl (C=O) groups excluding carboxylic acids is 2. The fraction of sp³-hybridized carbons (Fsp3) is 0.0556. The number of anilines is 1. The van der Waals surface area contributed by atoms with Crippen LogP contribution in [0.1, 0.15) is 10.4 Å². The van der Waals surface area contributed by atoms with E-state index in [1.807, 2.05) is 0 Å². The number of amides is 2. The fourth-order valence-electron chi connectivity index (χ4n) is 2.41. The van der Waals surface area contributed by atoms with Gasteiger partial charge in [-0.15, -0.1) is 0 Å². The summed E-state index contributed by atoms with van der Waals surface area (Å²) >= 11 is 0. The number of H-pyrrole nitrogens is 1. The highest BCUT2D eigenvalue weighted by molar-refractivity contribution is 6.12. The van der Waals surface area contributed by atoms with Gasteiger partial charge in [0.1, 0.15) is 5.75 Å². The van der Waals surface area contributed by atoms with Gasteiger partial charge >= 0.3 is 0 Å². The van der Waals surface area contributed by atoms with Gasteiger partial charge in [-0.2, -0.15) is 0 Å². The number of rotatable bonds is 5. The molecule has 126 valence electrons. The van der Waals surface area contributed by atoms with Gasteiger partial charge < -0.3 is 20.8 Å². The molecule has 3 rings (SSSR count). The topological polar surface area (TPSA) is 114 Å². The third-order valence-corrected chi connectivity index (χ3v) is 3.47. The fourth-order valence-corrected chi connectivity index (χ4v) is 2.41. The molecule has 0 spiro atoms. The van der Waals surface area contributed by atoms with Crippen LogP contribution >= 0.6 is 0 Å². The van der Waals surface area contributed by atoms with Crippen molar-refractivity contribution in [3.05, 3.63) is 70.5 Å². The van der Waals surface area contributed by atoms with Gasteiger partial charge in [0.2, 0.25) is 5.56 Å². The SMILES string of the molecule is NC(=O)COc1cccc(NC(=O)c2cc(=O)[nH]c3ccccc23)c1. The second kappa shape index (κ2) is 6.88. The highest BCUT2D eigenvalue weighted by Gasteiger charge is 2.12. The Hall–Kier alpha value is -3.61. The summed E-state index contributed by atoms with van der Waals surface area (Å²) in [6, 6.07) is 14.8. The maximum absolute atomic E-state index is 12.6. The normalized spacial score (nSPS) is 10.4. The molecule has 7 nitrogen and oxygen atoms in total. The number of hydrogen-bond acceptors (Lipinski definition) is 4. The molecule has 0 radical (unpaired) electrons. The summed E-state index contributed by atoms with van der Waals surface area (Å²) in [6.07, 6.45) is 0. The Morgan fingerprint density at radius 2 is 1.88 bits per heavy atom. The number of hydrogen-bond donors (Lipinski definition) is 3. The van der Waals surface area contributed by atoms with E-state index in [1.165, 1.54) is 6.07 Å². The van der Waals surface area contributed by atoms with Gasteiger partial charge in [0.05, 0.1) is 5.56 Å². The number of carbonyl (C=O) groups is 2. The average molecular weight is 337 g/mol. The molecule has 2 aromatic carbocycles. The summed E-state index contributed by atoms with van der Waals surface area (Å²) in [7, 11) is 0. The Balaban J connectivity index is 1.87. The molecule has 0 bridgehead atoms. The number of aromatic nitrogens is 1. The molecule has 25 heavy (non-hydrogen) atoms. The first kappa shape index (κ1) is 16.3. The van der Waals surface area contributed by atoms with Gasteiger partial charge in [0.25, 0.3) is 11.8 Å². The lowest BCUT2D eigenvalue weighted by molar-refractivity contribution is -0.119. The van der Waals surface area contributed by atoms with Gasteiger partial charge in [0.15, 0.2) is 6.61 Å². The lowest BCUT2D eigenvalue weighted by Gasteiger charge is -2.09. The molecule has 0 saturated heterocycles. The first-order chi connectivity index (χ1) is 12.0. The molecular weight excluding hydrogens is 322 g/mol. The van der Waals surface area contributed by atoms with E-state index in [9.17, 15) is 14.4 Å². The maximum atomic E-state index is 12.6. The Labute approximate surface area is 142 Å². The summed E-state index contributed by atoms with van der Waals surface area (Å²) in [5.41, 5.74) is 5.99. The number of para-hydroxylation sites is 1. The number of pyridine rings is 1. The van der Waals surface area contributed by atoms with E-state index in [4.69, 9.17) is 10.5 Å². The molecule has 3 aromatic rings. The molecule has 7 heteroatoms. The van der Waals surface area contributed by atoms with Crippen LogP contribution in [0.3, 0.4) is 0 Å². The number of fused-ring (bicyclic) bond motifs is 1. The highest BCUT2D eigenvalue weighted by atomic mass is 16.5. The van der Waals surface area contributed by atoms with Gasteiger partial charge in [-0.1, -0.05) is 24.3 Å². The monoisotopic (exact) mass is 337 g/mol. The van der Waals surface area contributed by atoms with Crippen molar-refractivity contribution in [3.8, 4) is 5.75 Å². The van der Waals surface area contributed by atoms with Crippen molar-refractivity contribution in [2.45, 2.75) is 0 Å². The second-order valence-corrected chi connectivity index (χ2v) is 5.33. The predicted molar refractivity (Wildman–Crippen MR) is 93.7 cm³/mol. The van der Waals surface area contributed by atoms with Crippen molar-refractivity contribution in [2.24, 2.45) is 5.73 Å². The summed E-state index contributed by atoms with van der Waals surface area (Å²) in [6.45, 7) is -0.254. The number of benzene rings is 2. The number of nitrogens with two attached hydrogens (primary N) is 1. The van der Waals surface area contributed by atoms with E-state index in [0.29, 0.717) is 22.3 Å². The molecule has 0 atom stereocenters. The molecular formula is C18H15N3O4. The Bertz CT molecular complexity index is 1010. The van der Waals surface area contributed by atoms with Crippen LogP contribution in [0.25, 0.3) is 10.9 Å². The van der Waals surface area contributed by atoms with Gasteiger partial charge in [0, 0.05) is 28.7 Å². The molecule has 0 fully saturated rings. The minimum absolute atomic E-state index is 0.254. The zero-order valence-electron chi connectivity index (χ0n) is 13.1. The molecule has 0 aliphatic rings. The van der Waals surface area contributed by atoms with Gasteiger partial charge in [-0.25, -0.2) is 0 Å². The van der Waals surface area contributed by atoms with Crippen LogP contribution in [0, 0.1) is 0 Å². The number of aromatic amines is 1. The lowest BCUT2D eigenvalue weighted by atomic mass is 10.1. The first-order valence-electron chi connectivity index (χ1n) is 7.47. The second-order valence-electron chi connectivity index (χ2n) is 5.33. The summed E-state index contributed by atoms with van der Waals surface area (Å²) in [5.74, 6) is -0.619. The van der Waals surface area contributed by atoms with Gasteiger partial charge in [-0.3, -0.25) is 14.4 Å². The first-order valence-corrected chi connectivity index (χ1v) is 7.47. The minimum atomic E-state index is -0.593. The van der Waals surface area contributed by atoms with Crippen molar-refractivity contribution in [1.29, 1.82) is 0 Å². The Morgan fingerprint density at radius 3 is 2.68 bits per heavy atom. The molecule has 4 N–H and O–H groups in total. The van der Waals surface area contributed by atoms with E-state index in [1.54, 1.807) is 48.5 Å². The minimum Gasteiger partial charge on any atom is -0.484 e. The van der Waals surface area contributed by atoms with Crippen molar-refractivity contribution >= 4 is 28.4 Å². The van der Waals surface area contributed by atoms with Crippen LogP contribution in [0.2, 0.25) is 0 Å². The molecule has 1 aromatic heterocycles. The van der Waals surface area contributed by atoms with E-state index < -0.39 is 11.8 Å². The van der Waals surface area contributed by atoms with E-state index in [-0.39, 0.29) is 17.7 Å². The molecule has 2 amide bonds. The molecule has 1 heterocycles. The highest BCUT2D eigenvalue weighted by Crippen LogP contribution is 2.20. The van der Waals surface area contributed by atoms with Crippen LogP contribution in [-0.4, -0.2) is 23.4 Å². The van der Waals surface area contributed by atoms with Crippen molar-refractivity contribution in [3.63, 3.8) is 0 Å². The van der Waals surface area contributed by atoms with Crippen LogP contribution in [0.15, 0.2) is 59.4 Å². The molecule has 0 aliphatic heterocycles. The Morgan fingerprint density at radius 1 is 1.08 bits per heavy atom. The number of primary amides is 1. The average Bonchev–Trinajstić information content (AvgIpc) is 2.59. The van der Waals surface area contributed by atoms with Crippen molar-refractivity contribution in [1.82, 2.24) is 4.98 Å². The molecule has 0 aliphatic carbocycles. The predicted octanol–water partition coefficient (Wildman–Crippen LogP) is 1.64. The van der Waals surface area contributed by atoms with Crippen LogP contribution in [0.4, 0.5) is 5.69 Å². The quantitative estimate of drug-likeness (QED) is 0.656. The smallest absolute Gasteiger partial charge is 0.256 e. The zero-order chi connectivity index (χ0) is 17.8. The van der Waals surface area contributed by atoms with Crippen LogP contribution in [0.5, 0.6) is 5.75 Å². The zero-order valence-corrected chi connectivity index (χ0v) is 13.1.